The third-order valence-electron chi connectivity index (χ3n) is 0.911. The van der Waals surface area contributed by atoms with E-state index in [1.165, 1.54) is 12.3 Å². The molecule has 0 fully saturated rings. The monoisotopic (exact) mass is 200 g/mol. The highest BCUT2D eigenvalue weighted by atomic mass is 79.9. The van der Waals surface area contributed by atoms with E-state index in [4.69, 9.17) is 6.57 Å². The maximum atomic E-state index is 12.4. The molecule has 0 radical (unpaired) electrons. The van der Waals surface area contributed by atoms with Crippen LogP contribution in [0.3, 0.4) is 0 Å². The zero-order valence-electron chi connectivity index (χ0n) is 4.81. The lowest BCUT2D eigenvalue weighted by Crippen LogP contribution is -1.80. The van der Waals surface area contributed by atoms with Gasteiger partial charge in [-0.05, 0) is 22.0 Å². The van der Waals surface area contributed by atoms with Crippen LogP contribution < -0.4 is 0 Å². The normalized spacial score (nSPS) is 8.90. The van der Waals surface area contributed by atoms with Crippen LogP contribution in [-0.2, 0) is 0 Å². The predicted octanol–water partition coefficient (Wildman–Crippen LogP) is 2.53. The fraction of sp³-hybridized carbons (Fsp3) is 0. The molecule has 0 bridgehead atoms. The topological polar surface area (TPSA) is 17.2 Å². The van der Waals surface area contributed by atoms with Gasteiger partial charge in [-0.3, -0.25) is 0 Å². The summed E-state index contributed by atoms with van der Waals surface area (Å²) < 4.78 is 12.6. The van der Waals surface area contributed by atoms with E-state index in [0.717, 1.165) is 0 Å². The van der Waals surface area contributed by atoms with Crippen molar-refractivity contribution < 1.29 is 4.39 Å². The van der Waals surface area contributed by atoms with E-state index in [-0.39, 0.29) is 4.47 Å². The fourth-order valence-electron chi connectivity index (χ4n) is 0.472. The Morgan fingerprint density at radius 2 is 2.40 bits per heavy atom. The lowest BCUT2D eigenvalue weighted by molar-refractivity contribution is 0.577. The second kappa shape index (κ2) is 2.76. The summed E-state index contributed by atoms with van der Waals surface area (Å²) in [7, 11) is 0. The van der Waals surface area contributed by atoms with Gasteiger partial charge in [0.2, 0.25) is 11.6 Å². The quantitative estimate of drug-likeness (QED) is 0.465. The molecular weight excluding hydrogens is 199 g/mol. The van der Waals surface area contributed by atoms with E-state index in [0.29, 0.717) is 5.69 Å². The highest BCUT2D eigenvalue weighted by Gasteiger charge is 1.99. The Labute approximate surface area is 65.7 Å². The van der Waals surface area contributed by atoms with Crippen LogP contribution in [0.25, 0.3) is 4.85 Å². The fourth-order valence-corrected chi connectivity index (χ4v) is 0.809. The first-order chi connectivity index (χ1) is 4.74. The minimum absolute atomic E-state index is 0.223. The Bertz CT molecular complexity index is 292. The lowest BCUT2D eigenvalue weighted by atomic mass is 10.4. The van der Waals surface area contributed by atoms with Crippen molar-refractivity contribution in [1.29, 1.82) is 0 Å². The summed E-state index contributed by atoms with van der Waals surface area (Å²) in [5, 5.41) is 0. The molecule has 0 aliphatic carbocycles. The molecule has 0 amide bonds. The number of aromatic nitrogens is 1. The summed E-state index contributed by atoms with van der Waals surface area (Å²) in [6.07, 6.45) is 1.19. The van der Waals surface area contributed by atoms with E-state index in [9.17, 15) is 4.39 Å². The van der Waals surface area contributed by atoms with Crippen LogP contribution in [0.4, 0.5) is 10.1 Å². The van der Waals surface area contributed by atoms with Gasteiger partial charge in [0.1, 0.15) is 0 Å². The van der Waals surface area contributed by atoms with Gasteiger partial charge in [-0.15, -0.1) is 0 Å². The van der Waals surface area contributed by atoms with Crippen molar-refractivity contribution in [2.24, 2.45) is 0 Å². The Morgan fingerprint density at radius 3 is 2.90 bits per heavy atom. The summed E-state index contributed by atoms with van der Waals surface area (Å²) in [6, 6.07) is 1.38. The number of rotatable bonds is 0. The molecule has 1 heterocycles. The van der Waals surface area contributed by atoms with Gasteiger partial charge in [0, 0.05) is 6.20 Å². The first kappa shape index (κ1) is 7.16. The van der Waals surface area contributed by atoms with Crippen molar-refractivity contribution in [2.45, 2.75) is 0 Å². The molecule has 1 aromatic rings. The predicted molar refractivity (Wildman–Crippen MR) is 38.2 cm³/mol. The number of hydrogen-bond donors (Lipinski definition) is 0. The Balaban J connectivity index is 3.20. The maximum Gasteiger partial charge on any atom is 0.224 e. The van der Waals surface area contributed by atoms with Crippen LogP contribution in [-0.4, -0.2) is 4.98 Å². The molecule has 0 saturated heterocycles. The smallest absolute Gasteiger partial charge is 0.224 e. The first-order valence-electron chi connectivity index (χ1n) is 2.42. The van der Waals surface area contributed by atoms with E-state index >= 15 is 0 Å². The molecule has 1 rings (SSSR count). The van der Waals surface area contributed by atoms with Gasteiger partial charge in [-0.1, -0.05) is 0 Å². The molecule has 0 saturated carbocycles. The van der Waals surface area contributed by atoms with E-state index in [1.54, 1.807) is 0 Å². The second-order valence-corrected chi connectivity index (χ2v) is 2.43. The molecule has 4 heteroatoms. The van der Waals surface area contributed by atoms with Crippen molar-refractivity contribution >= 4 is 21.6 Å². The Kier molecular flexibility index (Phi) is 1.97. The first-order valence-corrected chi connectivity index (χ1v) is 3.22. The highest BCUT2D eigenvalue weighted by molar-refractivity contribution is 9.10. The third-order valence-corrected chi connectivity index (χ3v) is 1.47. The van der Waals surface area contributed by atoms with Gasteiger partial charge < -0.3 is 0 Å². The largest absolute Gasteiger partial charge is 0.239 e. The lowest BCUT2D eigenvalue weighted by Gasteiger charge is -1.91. The highest BCUT2D eigenvalue weighted by Crippen LogP contribution is 2.19. The zero-order valence-corrected chi connectivity index (χ0v) is 6.39. The summed E-state index contributed by atoms with van der Waals surface area (Å²) in [5.74, 6) is -0.590. The molecule has 2 nitrogen and oxygen atoms in total. The molecule has 0 atom stereocenters. The van der Waals surface area contributed by atoms with Crippen LogP contribution >= 0.6 is 15.9 Å². The van der Waals surface area contributed by atoms with Gasteiger partial charge in [0.15, 0.2) is 0 Å². The van der Waals surface area contributed by atoms with Crippen molar-refractivity contribution in [1.82, 2.24) is 4.98 Å². The molecular formula is C6H2BrFN2. The summed E-state index contributed by atoms with van der Waals surface area (Å²) in [5.41, 5.74) is 0.327. The molecule has 50 valence electrons. The average Bonchev–Trinajstić information content (AvgIpc) is 1.95. The van der Waals surface area contributed by atoms with Crippen molar-refractivity contribution in [3.63, 3.8) is 0 Å². The van der Waals surface area contributed by atoms with Crippen molar-refractivity contribution in [2.75, 3.05) is 0 Å². The van der Waals surface area contributed by atoms with Gasteiger partial charge in [-0.2, -0.15) is 4.39 Å². The molecule has 0 N–H and O–H groups in total. The Morgan fingerprint density at radius 1 is 1.70 bits per heavy atom. The van der Waals surface area contributed by atoms with Gasteiger partial charge in [0.05, 0.1) is 11.0 Å². The zero-order chi connectivity index (χ0) is 7.56. The number of nitrogens with zero attached hydrogens (tertiary/aromatic N) is 2. The molecule has 0 spiro atoms. The van der Waals surface area contributed by atoms with Crippen LogP contribution in [0.1, 0.15) is 0 Å². The van der Waals surface area contributed by atoms with Gasteiger partial charge in [-0.25, -0.2) is 9.83 Å². The van der Waals surface area contributed by atoms with Crippen LogP contribution in [0.15, 0.2) is 16.7 Å². The molecule has 10 heavy (non-hydrogen) atoms. The van der Waals surface area contributed by atoms with Crippen molar-refractivity contribution in [3.05, 3.63) is 34.1 Å². The molecule has 1 aromatic heterocycles. The molecule has 0 aromatic carbocycles. The third kappa shape index (κ3) is 1.31. The van der Waals surface area contributed by atoms with Gasteiger partial charge in [0.25, 0.3) is 0 Å². The minimum Gasteiger partial charge on any atom is -0.239 e. The Hall–Kier alpha value is -0.950. The SMILES string of the molecule is [C-]#[N+]c1cnc(F)c(Br)c1. The standard InChI is InChI=1S/C6H2BrFN2/c1-9-4-2-5(7)6(8)10-3-4/h2-3H. The molecule has 0 aliphatic rings. The van der Waals surface area contributed by atoms with Crippen LogP contribution in [0.5, 0.6) is 0 Å². The number of halogens is 2. The summed E-state index contributed by atoms with van der Waals surface area (Å²) in [4.78, 5) is 6.39. The number of hydrogen-bond acceptors (Lipinski definition) is 1. The van der Waals surface area contributed by atoms with E-state index in [1.807, 2.05) is 0 Å². The summed E-state index contributed by atoms with van der Waals surface area (Å²) >= 11 is 2.91. The molecule has 0 unspecified atom stereocenters. The van der Waals surface area contributed by atoms with Crippen molar-refractivity contribution in [3.8, 4) is 0 Å². The van der Waals surface area contributed by atoms with E-state index in [2.05, 4.69) is 25.8 Å². The van der Waals surface area contributed by atoms with E-state index < -0.39 is 5.95 Å². The average molecular weight is 201 g/mol. The second-order valence-electron chi connectivity index (χ2n) is 1.58. The molecule has 0 aliphatic heterocycles. The maximum absolute atomic E-state index is 12.4. The van der Waals surface area contributed by atoms with Crippen LogP contribution in [0.2, 0.25) is 0 Å². The minimum atomic E-state index is -0.590. The van der Waals surface area contributed by atoms with Crippen LogP contribution in [0, 0.1) is 12.5 Å². The summed E-state index contributed by atoms with van der Waals surface area (Å²) in [6.45, 7) is 6.55. The number of pyridine rings is 1. The van der Waals surface area contributed by atoms with Gasteiger partial charge >= 0.3 is 0 Å².